The maximum absolute atomic E-state index is 11.7. The third-order valence-electron chi connectivity index (χ3n) is 2.45. The first kappa shape index (κ1) is 20.7. The number of carboxylic acids is 1. The van der Waals surface area contributed by atoms with Crippen LogP contribution in [0.1, 0.15) is 41.0 Å². The fraction of sp³-hybridized carbons (Fsp3) is 0.846. The second kappa shape index (κ2) is 9.01. The molecule has 0 aromatic rings. The van der Waals surface area contributed by atoms with E-state index in [9.17, 15) is 14.8 Å². The Labute approximate surface area is 135 Å². The number of carbonyl (C=O) groups is 2. The zero-order valence-corrected chi connectivity index (χ0v) is 14.3. The van der Waals surface area contributed by atoms with E-state index in [1.807, 2.05) is 13.8 Å². The van der Waals surface area contributed by atoms with Crippen LogP contribution in [0.4, 0.5) is 4.79 Å². The molecule has 10 nitrogen and oxygen atoms in total. The molecule has 0 rings (SSSR count). The van der Waals surface area contributed by atoms with Crippen molar-refractivity contribution in [1.29, 1.82) is 0 Å². The highest BCUT2D eigenvalue weighted by Crippen LogP contribution is 2.11. The minimum atomic E-state index is -1.15. The Hall–Kier alpha value is -2.26. The summed E-state index contributed by atoms with van der Waals surface area (Å²) in [6.45, 7) is 8.02. The smallest absolute Gasteiger partial charge is 0.511 e. The number of aliphatic carboxylic acids is 1. The SMILES string of the molecule is CC(C)C[C@@H](C(=O)O)N(C)[N+]([O-])=NOCOC(=O)OC(C)(C)C. The van der Waals surface area contributed by atoms with Crippen LogP contribution in [0.15, 0.2) is 5.28 Å². The number of hydrazine groups is 1. The predicted molar refractivity (Wildman–Crippen MR) is 78.0 cm³/mol. The highest BCUT2D eigenvalue weighted by Gasteiger charge is 2.29. The van der Waals surface area contributed by atoms with E-state index in [0.29, 0.717) is 0 Å². The van der Waals surface area contributed by atoms with Crippen LogP contribution in [0.2, 0.25) is 0 Å². The van der Waals surface area contributed by atoms with Crippen molar-refractivity contribution in [2.24, 2.45) is 11.2 Å². The second-order valence-electron chi connectivity index (χ2n) is 6.25. The van der Waals surface area contributed by atoms with Gasteiger partial charge in [0.05, 0.1) is 12.0 Å². The molecule has 134 valence electrons. The number of carboxylic acid groups (broad SMARTS) is 1. The molecule has 10 heteroatoms. The summed E-state index contributed by atoms with van der Waals surface area (Å²) in [6, 6.07) is -1.05. The van der Waals surface area contributed by atoms with Crippen LogP contribution >= 0.6 is 0 Å². The van der Waals surface area contributed by atoms with Gasteiger partial charge in [0.25, 0.3) is 6.79 Å². The van der Waals surface area contributed by atoms with Gasteiger partial charge in [0.1, 0.15) is 5.60 Å². The van der Waals surface area contributed by atoms with E-state index in [0.717, 1.165) is 5.01 Å². The molecule has 0 saturated heterocycles. The molecule has 0 aromatic heterocycles. The van der Waals surface area contributed by atoms with Gasteiger partial charge in [0.2, 0.25) is 5.28 Å². The predicted octanol–water partition coefficient (Wildman–Crippen LogP) is 2.14. The fourth-order valence-corrected chi connectivity index (χ4v) is 1.46. The molecule has 0 aliphatic rings. The van der Waals surface area contributed by atoms with Gasteiger partial charge in [-0.1, -0.05) is 13.8 Å². The zero-order chi connectivity index (χ0) is 18.2. The summed E-state index contributed by atoms with van der Waals surface area (Å²) in [7, 11) is 1.27. The average molecular weight is 335 g/mol. The van der Waals surface area contributed by atoms with Crippen LogP contribution in [0.5, 0.6) is 0 Å². The van der Waals surface area contributed by atoms with Crippen molar-refractivity contribution in [3.8, 4) is 0 Å². The minimum Gasteiger partial charge on any atom is -0.569 e. The van der Waals surface area contributed by atoms with E-state index < -0.39 is 30.6 Å². The third kappa shape index (κ3) is 9.38. The van der Waals surface area contributed by atoms with Gasteiger partial charge in [-0.3, -0.25) is 0 Å². The number of rotatable bonds is 8. The second-order valence-corrected chi connectivity index (χ2v) is 6.25. The highest BCUT2D eigenvalue weighted by atomic mass is 16.8. The lowest BCUT2D eigenvalue weighted by Gasteiger charge is -2.21. The number of hydrogen-bond acceptors (Lipinski definition) is 7. The molecule has 0 unspecified atom stereocenters. The number of likely N-dealkylation sites (N-methyl/N-ethyl adjacent to an activating group) is 1. The molecule has 0 aliphatic heterocycles. The Morgan fingerprint density at radius 3 is 2.35 bits per heavy atom. The summed E-state index contributed by atoms with van der Waals surface area (Å²) < 4.78 is 9.39. The molecule has 1 atom stereocenters. The Morgan fingerprint density at radius 1 is 1.35 bits per heavy atom. The summed E-state index contributed by atoms with van der Waals surface area (Å²) >= 11 is 0. The average Bonchev–Trinajstić information content (AvgIpc) is 2.37. The summed E-state index contributed by atoms with van der Waals surface area (Å²) in [5, 5.41) is 24.8. The van der Waals surface area contributed by atoms with E-state index in [-0.39, 0.29) is 17.3 Å². The van der Waals surface area contributed by atoms with Crippen LogP contribution in [0, 0.1) is 11.1 Å². The van der Waals surface area contributed by atoms with Gasteiger partial charge in [-0.2, -0.15) is 0 Å². The van der Waals surface area contributed by atoms with E-state index in [2.05, 4.69) is 14.9 Å². The van der Waals surface area contributed by atoms with Crippen LogP contribution in [0.25, 0.3) is 0 Å². The molecular weight excluding hydrogens is 310 g/mol. The Kier molecular flexibility index (Phi) is 8.12. The molecule has 0 amide bonds. The standard InChI is InChI=1S/C13H25N3O7/c1-9(2)7-10(11(17)18)15(6)16(20)14-22-8-21-12(19)23-13(3,4)5/h9-10H,7-8H2,1-6H3,(H,17,18)/t10-/m0/s1. The number of carbonyl (C=O) groups excluding carboxylic acids is 1. The van der Waals surface area contributed by atoms with Crippen LogP contribution in [-0.4, -0.2) is 52.7 Å². The Balaban J connectivity index is 4.42. The first-order valence-corrected chi connectivity index (χ1v) is 7.05. The third-order valence-corrected chi connectivity index (χ3v) is 2.45. The summed E-state index contributed by atoms with van der Waals surface area (Å²) in [4.78, 5) is 26.9. The lowest BCUT2D eigenvalue weighted by molar-refractivity contribution is -0.711. The quantitative estimate of drug-likeness (QED) is 0.179. The molecule has 0 aromatic carbocycles. The normalized spacial score (nSPS) is 13.4. The lowest BCUT2D eigenvalue weighted by Crippen LogP contribution is -2.43. The lowest BCUT2D eigenvalue weighted by atomic mass is 10.0. The topological polar surface area (TPSA) is 124 Å². The number of nitrogens with zero attached hydrogens (tertiary/aromatic N) is 3. The molecule has 0 fully saturated rings. The van der Waals surface area contributed by atoms with Crippen molar-refractivity contribution in [2.75, 3.05) is 13.8 Å². The van der Waals surface area contributed by atoms with Crippen molar-refractivity contribution in [3.05, 3.63) is 5.21 Å². The monoisotopic (exact) mass is 335 g/mol. The molecule has 1 N–H and O–H groups in total. The maximum Gasteiger partial charge on any atom is 0.511 e. The molecule has 23 heavy (non-hydrogen) atoms. The van der Waals surface area contributed by atoms with Crippen LogP contribution in [-0.2, 0) is 19.1 Å². The first-order chi connectivity index (χ1) is 10.4. The zero-order valence-electron chi connectivity index (χ0n) is 14.3. The van der Waals surface area contributed by atoms with Crippen LogP contribution < -0.4 is 0 Å². The van der Waals surface area contributed by atoms with Gasteiger partial charge in [-0.15, -0.1) is 5.01 Å². The van der Waals surface area contributed by atoms with E-state index in [1.54, 1.807) is 20.8 Å². The van der Waals surface area contributed by atoms with E-state index in [1.165, 1.54) is 7.05 Å². The van der Waals surface area contributed by atoms with Crippen LogP contribution in [0.3, 0.4) is 0 Å². The van der Waals surface area contributed by atoms with Gasteiger partial charge in [0, 0.05) is 0 Å². The molecule has 0 spiro atoms. The Morgan fingerprint density at radius 2 is 1.91 bits per heavy atom. The Bertz CT molecular complexity index is 432. The number of ether oxygens (including phenoxy) is 2. The molecule has 0 bridgehead atoms. The van der Waals surface area contributed by atoms with Crippen molar-refractivity contribution >= 4 is 12.1 Å². The van der Waals surface area contributed by atoms with Gasteiger partial charge in [0.15, 0.2) is 6.04 Å². The fourth-order valence-electron chi connectivity index (χ4n) is 1.46. The maximum atomic E-state index is 11.7. The van der Waals surface area contributed by atoms with Crippen molar-refractivity contribution in [2.45, 2.75) is 52.7 Å². The summed E-state index contributed by atoms with van der Waals surface area (Å²) in [6.07, 6.45) is -0.712. The van der Waals surface area contributed by atoms with Gasteiger partial charge in [-0.05, 0) is 33.1 Å². The van der Waals surface area contributed by atoms with E-state index >= 15 is 0 Å². The van der Waals surface area contributed by atoms with Gasteiger partial charge >= 0.3 is 12.1 Å². The molecular formula is C13H25N3O7. The molecule has 0 radical (unpaired) electrons. The molecule has 0 heterocycles. The largest absolute Gasteiger partial charge is 0.569 e. The molecule has 0 saturated carbocycles. The van der Waals surface area contributed by atoms with Gasteiger partial charge in [-0.25, -0.2) is 9.59 Å². The van der Waals surface area contributed by atoms with Crippen molar-refractivity contribution in [1.82, 2.24) is 5.01 Å². The van der Waals surface area contributed by atoms with E-state index in [4.69, 9.17) is 9.84 Å². The van der Waals surface area contributed by atoms with Crippen molar-refractivity contribution < 1.29 is 34.0 Å². The summed E-state index contributed by atoms with van der Waals surface area (Å²) in [5.41, 5.74) is -0.718. The van der Waals surface area contributed by atoms with Crippen molar-refractivity contribution in [3.63, 3.8) is 0 Å². The van der Waals surface area contributed by atoms with Gasteiger partial charge < -0.3 is 24.6 Å². The molecule has 0 aliphatic carbocycles. The number of hydrogen-bond donors (Lipinski definition) is 1. The first-order valence-electron chi connectivity index (χ1n) is 7.05. The highest BCUT2D eigenvalue weighted by molar-refractivity contribution is 5.73. The summed E-state index contributed by atoms with van der Waals surface area (Å²) in [5.74, 6) is -1.08. The minimum absolute atomic E-state index is 0.0143.